The molecule has 0 fully saturated rings. The lowest BCUT2D eigenvalue weighted by molar-refractivity contribution is -0.145. The Labute approximate surface area is 168 Å². The van der Waals surface area contributed by atoms with Gasteiger partial charge in [-0.15, -0.1) is 11.3 Å². The van der Waals surface area contributed by atoms with Gasteiger partial charge in [-0.3, -0.25) is 0 Å². The maximum atomic E-state index is 11.7. The Morgan fingerprint density at radius 3 is 2.81 bits per heavy atom. The minimum atomic E-state index is -1.03. The highest BCUT2D eigenvalue weighted by Gasteiger charge is 2.24. The first-order valence-electron chi connectivity index (χ1n) is 7.95. The van der Waals surface area contributed by atoms with E-state index >= 15 is 0 Å². The van der Waals surface area contributed by atoms with E-state index in [1.165, 1.54) is 17.7 Å². The zero-order valence-electron chi connectivity index (χ0n) is 13.9. The fourth-order valence-electron chi connectivity index (χ4n) is 2.36. The molecule has 0 spiro atoms. The Hall–Kier alpha value is -2.18. The number of thiophene rings is 1. The molecular weight excluding hydrogens is 463 g/mol. The summed E-state index contributed by atoms with van der Waals surface area (Å²) >= 11 is 3.65. The van der Waals surface area contributed by atoms with Gasteiger partial charge in [0, 0.05) is 12.8 Å². The summed E-state index contributed by atoms with van der Waals surface area (Å²) < 4.78 is 6.69. The number of carboxylic acids is 1. The predicted molar refractivity (Wildman–Crippen MR) is 109 cm³/mol. The molecule has 0 saturated carbocycles. The number of carboxylic acid groups (broad SMARTS) is 1. The van der Waals surface area contributed by atoms with Crippen LogP contribution >= 0.6 is 33.9 Å². The molecule has 7 heteroatoms. The molecule has 0 unspecified atom stereocenters. The van der Waals surface area contributed by atoms with Crippen LogP contribution in [0.2, 0.25) is 0 Å². The molecule has 2 aromatic heterocycles. The fourth-order valence-corrected chi connectivity index (χ4v) is 4.39. The number of nitrogens with zero attached hydrogens (tertiary/aromatic N) is 2. The van der Waals surface area contributed by atoms with Crippen LogP contribution in [-0.2, 0) is 11.2 Å². The molecule has 5 nitrogen and oxygen atoms in total. The minimum Gasteiger partial charge on any atom is -0.478 e. The molecule has 0 bridgehead atoms. The number of hydrogen-bond acceptors (Lipinski definition) is 5. The Kier molecular flexibility index (Phi) is 6.06. The second-order valence-electron chi connectivity index (χ2n) is 5.39. The fraction of sp³-hybridized carbons (Fsp3) is 0.211. The van der Waals surface area contributed by atoms with Crippen LogP contribution in [0.3, 0.4) is 0 Å². The van der Waals surface area contributed by atoms with Crippen LogP contribution in [0.15, 0.2) is 36.7 Å². The maximum absolute atomic E-state index is 11.7. The summed E-state index contributed by atoms with van der Waals surface area (Å²) in [5.41, 5.74) is 0.889. The lowest BCUT2D eigenvalue weighted by atomic mass is 10.1. The van der Waals surface area contributed by atoms with Gasteiger partial charge in [-0.1, -0.05) is 49.1 Å². The first-order valence-corrected chi connectivity index (χ1v) is 9.85. The van der Waals surface area contributed by atoms with Crippen molar-refractivity contribution >= 4 is 50.1 Å². The van der Waals surface area contributed by atoms with E-state index in [0.29, 0.717) is 0 Å². The second-order valence-corrected chi connectivity index (χ2v) is 7.47. The number of carbonyl (C=O) groups is 1. The molecule has 0 aliphatic carbocycles. The van der Waals surface area contributed by atoms with E-state index < -0.39 is 12.1 Å². The lowest BCUT2D eigenvalue weighted by Crippen LogP contribution is -2.29. The smallest absolute Gasteiger partial charge is 0.345 e. The molecule has 0 aliphatic rings. The van der Waals surface area contributed by atoms with Gasteiger partial charge in [-0.25, -0.2) is 14.8 Å². The number of rotatable bonds is 5. The third-order valence-electron chi connectivity index (χ3n) is 3.57. The summed E-state index contributed by atoms with van der Waals surface area (Å²) in [5.74, 6) is 5.42. The zero-order valence-corrected chi connectivity index (χ0v) is 16.9. The Morgan fingerprint density at radius 1 is 1.35 bits per heavy atom. The van der Waals surface area contributed by atoms with E-state index in [2.05, 4.69) is 44.4 Å². The topological polar surface area (TPSA) is 72.3 Å². The first-order chi connectivity index (χ1) is 12.6. The largest absolute Gasteiger partial charge is 0.478 e. The van der Waals surface area contributed by atoms with Crippen molar-refractivity contribution in [2.45, 2.75) is 25.9 Å². The van der Waals surface area contributed by atoms with Crippen LogP contribution in [0.4, 0.5) is 0 Å². The van der Waals surface area contributed by atoms with Gasteiger partial charge in [0.25, 0.3) is 0 Å². The van der Waals surface area contributed by atoms with Crippen LogP contribution in [0.1, 0.15) is 23.8 Å². The van der Waals surface area contributed by atoms with Gasteiger partial charge in [0.2, 0.25) is 12.0 Å². The van der Waals surface area contributed by atoms with Crippen molar-refractivity contribution in [3.8, 4) is 17.7 Å². The molecule has 3 rings (SSSR count). The van der Waals surface area contributed by atoms with Crippen molar-refractivity contribution in [2.75, 3.05) is 0 Å². The van der Waals surface area contributed by atoms with E-state index in [0.717, 1.165) is 30.6 Å². The summed E-state index contributed by atoms with van der Waals surface area (Å²) in [4.78, 5) is 21.8. The first kappa shape index (κ1) is 18.6. The summed E-state index contributed by atoms with van der Waals surface area (Å²) in [6.45, 7) is 1.99. The molecule has 3 aromatic rings. The van der Waals surface area contributed by atoms with Gasteiger partial charge in [0.1, 0.15) is 11.2 Å². The maximum Gasteiger partial charge on any atom is 0.345 e. The number of halogens is 1. The molecule has 1 atom stereocenters. The van der Waals surface area contributed by atoms with Crippen molar-refractivity contribution in [3.63, 3.8) is 0 Å². The highest BCUT2D eigenvalue weighted by Crippen LogP contribution is 2.36. The molecule has 1 aromatic carbocycles. The quantitative estimate of drug-likeness (QED) is 0.441. The predicted octanol–water partition coefficient (Wildman–Crippen LogP) is 4.13. The number of ether oxygens (including phenoxy) is 1. The van der Waals surface area contributed by atoms with Gasteiger partial charge < -0.3 is 9.84 Å². The summed E-state index contributed by atoms with van der Waals surface area (Å²) in [7, 11) is 0. The van der Waals surface area contributed by atoms with Crippen molar-refractivity contribution < 1.29 is 14.6 Å². The molecule has 0 amide bonds. The van der Waals surface area contributed by atoms with E-state index in [9.17, 15) is 9.90 Å². The highest BCUT2D eigenvalue weighted by molar-refractivity contribution is 14.1. The van der Waals surface area contributed by atoms with Crippen LogP contribution in [-0.4, -0.2) is 27.1 Å². The third-order valence-corrected chi connectivity index (χ3v) is 6.03. The Balaban J connectivity index is 1.95. The number of hydrogen-bond donors (Lipinski definition) is 1. The summed E-state index contributed by atoms with van der Waals surface area (Å²) in [5, 5.41) is 10.3. The van der Waals surface area contributed by atoms with Crippen LogP contribution in [0.25, 0.3) is 10.2 Å². The van der Waals surface area contributed by atoms with Gasteiger partial charge in [-0.2, -0.15) is 0 Å². The molecule has 0 saturated heterocycles. The number of aliphatic carboxylic acids is 1. The van der Waals surface area contributed by atoms with Gasteiger partial charge in [0.05, 0.1) is 13.8 Å². The van der Waals surface area contributed by atoms with E-state index in [1.807, 2.05) is 37.3 Å². The SMILES string of the molecule is CCC#Cc1sc2ncnc(O[C@H](Cc3ccccc3)C(=O)O)c2c1I. The average Bonchev–Trinajstić information content (AvgIpc) is 2.97. The van der Waals surface area contributed by atoms with Crippen molar-refractivity contribution in [1.29, 1.82) is 0 Å². The Bertz CT molecular complexity index is 992. The Morgan fingerprint density at radius 2 is 2.12 bits per heavy atom. The van der Waals surface area contributed by atoms with Gasteiger partial charge in [-0.05, 0) is 28.2 Å². The van der Waals surface area contributed by atoms with Crippen molar-refractivity contribution in [2.24, 2.45) is 0 Å². The van der Waals surface area contributed by atoms with Crippen molar-refractivity contribution in [1.82, 2.24) is 9.97 Å². The minimum absolute atomic E-state index is 0.255. The van der Waals surface area contributed by atoms with Crippen LogP contribution < -0.4 is 4.74 Å². The highest BCUT2D eigenvalue weighted by atomic mass is 127. The van der Waals surface area contributed by atoms with Crippen molar-refractivity contribution in [3.05, 3.63) is 50.7 Å². The number of benzene rings is 1. The number of fused-ring (bicyclic) bond motifs is 1. The van der Waals surface area contributed by atoms with Crippen LogP contribution in [0, 0.1) is 15.4 Å². The summed E-state index contributed by atoms with van der Waals surface area (Å²) in [6, 6.07) is 9.39. The number of aromatic nitrogens is 2. The van der Waals surface area contributed by atoms with E-state index in [4.69, 9.17) is 4.74 Å². The van der Waals surface area contributed by atoms with Gasteiger partial charge >= 0.3 is 5.97 Å². The molecular formula is C19H15IN2O3S. The zero-order chi connectivity index (χ0) is 18.5. The molecule has 132 valence electrons. The normalized spacial score (nSPS) is 11.6. The van der Waals surface area contributed by atoms with Crippen LogP contribution in [0.5, 0.6) is 5.88 Å². The third kappa shape index (κ3) is 4.14. The molecule has 2 heterocycles. The molecule has 0 radical (unpaired) electrons. The molecule has 0 aliphatic heterocycles. The standard InChI is InChI=1S/C19H15IN2O3S/c1-2-3-9-14-16(20)15-17(21-11-22-18(15)26-14)25-13(19(23)24)10-12-7-5-4-6-8-12/h4-8,11,13H,2,10H2,1H3,(H,23,24)/t13-/m1/s1. The summed E-state index contributed by atoms with van der Waals surface area (Å²) in [6.07, 6.45) is 1.38. The molecule has 26 heavy (non-hydrogen) atoms. The monoisotopic (exact) mass is 478 g/mol. The lowest BCUT2D eigenvalue weighted by Gasteiger charge is -2.15. The van der Waals surface area contributed by atoms with Gasteiger partial charge in [0.15, 0.2) is 0 Å². The average molecular weight is 478 g/mol. The molecule has 1 N–H and O–H groups in total. The second kappa shape index (κ2) is 8.47. The van der Waals surface area contributed by atoms with E-state index in [-0.39, 0.29) is 12.3 Å². The van der Waals surface area contributed by atoms with E-state index in [1.54, 1.807) is 0 Å².